The van der Waals surface area contributed by atoms with Crippen LogP contribution < -0.4 is 9.47 Å². The van der Waals surface area contributed by atoms with E-state index in [9.17, 15) is 0 Å². The quantitative estimate of drug-likeness (QED) is 0.688. The number of hydrogen-bond donors (Lipinski definition) is 0. The molecule has 0 saturated heterocycles. The highest BCUT2D eigenvalue weighted by Crippen LogP contribution is 2.39. The fraction of sp³-hybridized carbons (Fsp3) is 0.273. The normalized spacial score (nSPS) is 15.2. The first-order valence-corrected chi connectivity index (χ1v) is 4.40. The SMILES string of the molecule is C=CC(OC)c1cccc2c1OCO2. The molecule has 74 valence electrons. The number of methoxy groups -OCH3 is 1. The Labute approximate surface area is 82.9 Å². The van der Waals surface area contributed by atoms with Crippen LogP contribution in [0.4, 0.5) is 0 Å². The molecule has 0 saturated carbocycles. The molecule has 0 amide bonds. The Morgan fingerprint density at radius 3 is 3.07 bits per heavy atom. The zero-order valence-electron chi connectivity index (χ0n) is 8.03. The van der Waals surface area contributed by atoms with Crippen LogP contribution in [0, 0.1) is 0 Å². The first-order valence-electron chi connectivity index (χ1n) is 4.40. The van der Waals surface area contributed by atoms with Crippen LogP contribution in [0.1, 0.15) is 11.7 Å². The summed E-state index contributed by atoms with van der Waals surface area (Å²) < 4.78 is 15.9. The highest BCUT2D eigenvalue weighted by molar-refractivity contribution is 5.49. The lowest BCUT2D eigenvalue weighted by molar-refractivity contribution is 0.136. The summed E-state index contributed by atoms with van der Waals surface area (Å²) in [7, 11) is 1.64. The highest BCUT2D eigenvalue weighted by atomic mass is 16.7. The second-order valence-corrected chi connectivity index (χ2v) is 2.97. The van der Waals surface area contributed by atoms with Gasteiger partial charge in [-0.1, -0.05) is 18.2 Å². The van der Waals surface area contributed by atoms with Gasteiger partial charge in [0.15, 0.2) is 11.5 Å². The maximum atomic E-state index is 5.36. The summed E-state index contributed by atoms with van der Waals surface area (Å²) in [6.07, 6.45) is 1.59. The molecule has 1 aliphatic rings. The summed E-state index contributed by atoms with van der Waals surface area (Å²) in [6.45, 7) is 3.99. The molecule has 3 nitrogen and oxygen atoms in total. The van der Waals surface area contributed by atoms with E-state index in [-0.39, 0.29) is 12.9 Å². The Morgan fingerprint density at radius 2 is 2.36 bits per heavy atom. The molecule has 0 aromatic heterocycles. The third kappa shape index (κ3) is 1.36. The van der Waals surface area contributed by atoms with E-state index in [0.717, 1.165) is 17.1 Å². The van der Waals surface area contributed by atoms with Gasteiger partial charge in [0.25, 0.3) is 0 Å². The number of rotatable bonds is 3. The zero-order chi connectivity index (χ0) is 9.97. The summed E-state index contributed by atoms with van der Waals surface area (Å²) in [4.78, 5) is 0. The molecule has 2 rings (SSSR count). The smallest absolute Gasteiger partial charge is 0.231 e. The van der Waals surface area contributed by atoms with Crippen molar-refractivity contribution >= 4 is 0 Å². The number of ether oxygens (including phenoxy) is 3. The van der Waals surface area contributed by atoms with Crippen molar-refractivity contribution in [3.63, 3.8) is 0 Å². The second kappa shape index (κ2) is 3.72. The topological polar surface area (TPSA) is 27.7 Å². The molecule has 1 aromatic rings. The molecule has 0 radical (unpaired) electrons. The van der Waals surface area contributed by atoms with E-state index >= 15 is 0 Å². The van der Waals surface area contributed by atoms with Crippen molar-refractivity contribution in [3.8, 4) is 11.5 Å². The van der Waals surface area contributed by atoms with E-state index in [4.69, 9.17) is 14.2 Å². The van der Waals surface area contributed by atoms with E-state index in [1.807, 2.05) is 18.2 Å². The summed E-state index contributed by atoms with van der Waals surface area (Å²) in [5, 5.41) is 0. The predicted octanol–water partition coefficient (Wildman–Crippen LogP) is 2.29. The molecule has 0 fully saturated rings. The van der Waals surface area contributed by atoms with Crippen LogP contribution in [0.2, 0.25) is 0 Å². The van der Waals surface area contributed by atoms with Crippen LogP contribution in [-0.2, 0) is 4.74 Å². The molecular weight excluding hydrogens is 180 g/mol. The zero-order valence-corrected chi connectivity index (χ0v) is 8.03. The fourth-order valence-electron chi connectivity index (χ4n) is 1.53. The van der Waals surface area contributed by atoms with Gasteiger partial charge in [-0.3, -0.25) is 0 Å². The minimum absolute atomic E-state index is 0.147. The maximum Gasteiger partial charge on any atom is 0.231 e. The van der Waals surface area contributed by atoms with Gasteiger partial charge in [0.2, 0.25) is 6.79 Å². The molecule has 0 spiro atoms. The lowest BCUT2D eigenvalue weighted by Gasteiger charge is -2.12. The predicted molar refractivity (Wildman–Crippen MR) is 52.5 cm³/mol. The van der Waals surface area contributed by atoms with Crippen molar-refractivity contribution in [1.82, 2.24) is 0 Å². The molecule has 0 N–H and O–H groups in total. The van der Waals surface area contributed by atoms with Gasteiger partial charge < -0.3 is 14.2 Å². The first kappa shape index (κ1) is 9.09. The van der Waals surface area contributed by atoms with Crippen molar-refractivity contribution in [1.29, 1.82) is 0 Å². The number of para-hydroxylation sites is 1. The summed E-state index contributed by atoms with van der Waals surface area (Å²) >= 11 is 0. The molecule has 1 atom stereocenters. The summed E-state index contributed by atoms with van der Waals surface area (Å²) in [5.41, 5.74) is 0.956. The minimum atomic E-state index is -0.147. The lowest BCUT2D eigenvalue weighted by Crippen LogP contribution is -1.99. The Morgan fingerprint density at radius 1 is 1.50 bits per heavy atom. The number of benzene rings is 1. The third-order valence-electron chi connectivity index (χ3n) is 2.20. The van der Waals surface area contributed by atoms with Crippen LogP contribution in [0.3, 0.4) is 0 Å². The van der Waals surface area contributed by atoms with Crippen LogP contribution in [-0.4, -0.2) is 13.9 Å². The number of fused-ring (bicyclic) bond motifs is 1. The second-order valence-electron chi connectivity index (χ2n) is 2.97. The Bertz CT molecular complexity index is 346. The Balaban J connectivity index is 2.43. The maximum absolute atomic E-state index is 5.36. The Hall–Kier alpha value is -1.48. The Kier molecular flexibility index (Phi) is 2.41. The van der Waals surface area contributed by atoms with Gasteiger partial charge in [-0.2, -0.15) is 0 Å². The van der Waals surface area contributed by atoms with E-state index in [0.29, 0.717) is 0 Å². The largest absolute Gasteiger partial charge is 0.454 e. The van der Waals surface area contributed by atoms with Crippen LogP contribution in [0.25, 0.3) is 0 Å². The van der Waals surface area contributed by atoms with Crippen molar-refractivity contribution in [2.75, 3.05) is 13.9 Å². The molecule has 1 aliphatic heterocycles. The van der Waals surface area contributed by atoms with Gasteiger partial charge in [0, 0.05) is 12.7 Å². The first-order chi connectivity index (χ1) is 6.86. The molecule has 14 heavy (non-hydrogen) atoms. The van der Waals surface area contributed by atoms with Gasteiger partial charge in [-0.05, 0) is 6.07 Å². The van der Waals surface area contributed by atoms with E-state index in [2.05, 4.69) is 6.58 Å². The third-order valence-corrected chi connectivity index (χ3v) is 2.20. The molecule has 1 heterocycles. The summed E-state index contributed by atoms with van der Waals surface area (Å²) in [5.74, 6) is 1.53. The van der Waals surface area contributed by atoms with Gasteiger partial charge >= 0.3 is 0 Å². The molecule has 1 unspecified atom stereocenters. The standard InChI is InChI=1S/C11H12O3/c1-3-9(12-2)8-5-4-6-10-11(8)14-7-13-10/h3-6,9H,1,7H2,2H3. The van der Waals surface area contributed by atoms with Gasteiger partial charge in [-0.15, -0.1) is 6.58 Å². The summed E-state index contributed by atoms with van der Waals surface area (Å²) in [6, 6.07) is 5.74. The van der Waals surface area contributed by atoms with Gasteiger partial charge in [0.1, 0.15) is 6.10 Å². The highest BCUT2D eigenvalue weighted by Gasteiger charge is 2.21. The average Bonchev–Trinajstić information content (AvgIpc) is 2.68. The number of hydrogen-bond acceptors (Lipinski definition) is 3. The molecule has 0 bridgehead atoms. The monoisotopic (exact) mass is 192 g/mol. The van der Waals surface area contributed by atoms with Crippen LogP contribution in [0.15, 0.2) is 30.9 Å². The van der Waals surface area contributed by atoms with E-state index in [1.54, 1.807) is 13.2 Å². The lowest BCUT2D eigenvalue weighted by atomic mass is 10.1. The molecule has 1 aromatic carbocycles. The van der Waals surface area contributed by atoms with Crippen molar-refractivity contribution in [2.45, 2.75) is 6.10 Å². The molecule has 3 heteroatoms. The minimum Gasteiger partial charge on any atom is -0.454 e. The molecular formula is C11H12O3. The van der Waals surface area contributed by atoms with E-state index in [1.165, 1.54) is 0 Å². The van der Waals surface area contributed by atoms with Gasteiger partial charge in [0.05, 0.1) is 0 Å². The van der Waals surface area contributed by atoms with E-state index < -0.39 is 0 Å². The molecule has 0 aliphatic carbocycles. The van der Waals surface area contributed by atoms with Crippen molar-refractivity contribution in [2.24, 2.45) is 0 Å². The van der Waals surface area contributed by atoms with Crippen molar-refractivity contribution in [3.05, 3.63) is 36.4 Å². The average molecular weight is 192 g/mol. The van der Waals surface area contributed by atoms with Gasteiger partial charge in [-0.25, -0.2) is 0 Å². The van der Waals surface area contributed by atoms with Crippen molar-refractivity contribution < 1.29 is 14.2 Å². The van der Waals surface area contributed by atoms with Crippen LogP contribution >= 0.6 is 0 Å². The fourth-order valence-corrected chi connectivity index (χ4v) is 1.53. The van der Waals surface area contributed by atoms with Crippen LogP contribution in [0.5, 0.6) is 11.5 Å².